The Morgan fingerprint density at radius 1 is 1.12 bits per heavy atom. The quantitative estimate of drug-likeness (QED) is 0.689. The number of nitrogens with one attached hydrogen (secondary N) is 1. The van der Waals surface area contributed by atoms with Crippen LogP contribution in [0.1, 0.15) is 17.5 Å². The van der Waals surface area contributed by atoms with Gasteiger partial charge in [0, 0.05) is 19.6 Å². The highest BCUT2D eigenvalue weighted by atomic mass is 16.5. The van der Waals surface area contributed by atoms with Crippen molar-refractivity contribution in [2.24, 2.45) is 0 Å². The fourth-order valence-corrected chi connectivity index (χ4v) is 2.46. The third kappa shape index (κ3) is 6.47. The van der Waals surface area contributed by atoms with Crippen LogP contribution in [-0.2, 0) is 6.54 Å². The molecule has 0 atom stereocenters. The number of amides is 2. The molecule has 5 heteroatoms. The van der Waals surface area contributed by atoms with Gasteiger partial charge in [-0.3, -0.25) is 0 Å². The Balaban J connectivity index is 1.72. The first-order valence-corrected chi connectivity index (χ1v) is 8.56. The van der Waals surface area contributed by atoms with Crippen molar-refractivity contribution >= 4 is 6.03 Å². The number of para-hydroxylation sites is 1. The second-order valence-electron chi connectivity index (χ2n) is 5.83. The van der Waals surface area contributed by atoms with E-state index in [9.17, 15) is 9.90 Å². The van der Waals surface area contributed by atoms with Crippen molar-refractivity contribution in [1.29, 1.82) is 0 Å². The first kappa shape index (κ1) is 18.8. The van der Waals surface area contributed by atoms with Gasteiger partial charge in [0.25, 0.3) is 0 Å². The molecule has 0 bridgehead atoms. The average molecular weight is 342 g/mol. The standard InChI is InChI=1S/C20H26N2O3/c1-17-8-5-6-11-19(17)25-15-7-12-21-20(24)22(13-14-23)16-18-9-3-2-4-10-18/h2-6,8-11,23H,7,12-16H2,1H3,(H,21,24). The van der Waals surface area contributed by atoms with Crippen LogP contribution in [0.25, 0.3) is 0 Å². The highest BCUT2D eigenvalue weighted by Gasteiger charge is 2.12. The lowest BCUT2D eigenvalue weighted by Gasteiger charge is -2.22. The molecule has 0 heterocycles. The van der Waals surface area contributed by atoms with Gasteiger partial charge in [-0.2, -0.15) is 0 Å². The van der Waals surface area contributed by atoms with E-state index < -0.39 is 0 Å². The van der Waals surface area contributed by atoms with Gasteiger partial charge in [-0.05, 0) is 30.5 Å². The van der Waals surface area contributed by atoms with Crippen LogP contribution in [0, 0.1) is 6.92 Å². The lowest BCUT2D eigenvalue weighted by atomic mass is 10.2. The number of benzene rings is 2. The third-order valence-corrected chi connectivity index (χ3v) is 3.82. The molecule has 2 N–H and O–H groups in total. The highest BCUT2D eigenvalue weighted by molar-refractivity contribution is 5.74. The largest absolute Gasteiger partial charge is 0.493 e. The Bertz CT molecular complexity index is 646. The SMILES string of the molecule is Cc1ccccc1OCCCNC(=O)N(CCO)Cc1ccccc1. The summed E-state index contributed by atoms with van der Waals surface area (Å²) in [5, 5.41) is 12.1. The molecule has 0 aliphatic heterocycles. The summed E-state index contributed by atoms with van der Waals surface area (Å²) in [6.07, 6.45) is 0.721. The molecule has 0 aliphatic carbocycles. The Hall–Kier alpha value is -2.53. The van der Waals surface area contributed by atoms with Crippen LogP contribution in [0.2, 0.25) is 0 Å². The van der Waals surface area contributed by atoms with E-state index in [1.807, 2.05) is 61.5 Å². The van der Waals surface area contributed by atoms with Crippen LogP contribution in [0.5, 0.6) is 5.75 Å². The fourth-order valence-electron chi connectivity index (χ4n) is 2.46. The number of hydrogen-bond donors (Lipinski definition) is 2. The first-order chi connectivity index (χ1) is 12.2. The molecule has 0 unspecified atom stereocenters. The zero-order chi connectivity index (χ0) is 17.9. The minimum absolute atomic E-state index is 0.0589. The molecule has 0 saturated heterocycles. The van der Waals surface area contributed by atoms with Crippen molar-refractivity contribution in [1.82, 2.24) is 10.2 Å². The van der Waals surface area contributed by atoms with E-state index in [1.165, 1.54) is 0 Å². The maximum atomic E-state index is 12.3. The van der Waals surface area contributed by atoms with E-state index in [2.05, 4.69) is 5.32 Å². The van der Waals surface area contributed by atoms with Crippen LogP contribution < -0.4 is 10.1 Å². The molecule has 134 valence electrons. The minimum Gasteiger partial charge on any atom is -0.493 e. The van der Waals surface area contributed by atoms with Gasteiger partial charge in [-0.25, -0.2) is 4.79 Å². The lowest BCUT2D eigenvalue weighted by Crippen LogP contribution is -2.41. The normalized spacial score (nSPS) is 10.3. The van der Waals surface area contributed by atoms with E-state index in [0.717, 1.165) is 23.3 Å². The van der Waals surface area contributed by atoms with Crippen LogP contribution in [0.15, 0.2) is 54.6 Å². The molecule has 2 aromatic carbocycles. The van der Waals surface area contributed by atoms with Crippen molar-refractivity contribution in [2.45, 2.75) is 19.9 Å². The van der Waals surface area contributed by atoms with Gasteiger partial charge in [0.2, 0.25) is 0 Å². The maximum absolute atomic E-state index is 12.3. The molecular weight excluding hydrogens is 316 g/mol. The van der Waals surface area contributed by atoms with Gasteiger partial charge < -0.3 is 20.1 Å². The molecule has 0 saturated carbocycles. The summed E-state index contributed by atoms with van der Waals surface area (Å²) in [6.45, 7) is 3.81. The van der Waals surface area contributed by atoms with E-state index >= 15 is 0 Å². The second-order valence-corrected chi connectivity index (χ2v) is 5.83. The fraction of sp³-hybridized carbons (Fsp3) is 0.350. The lowest BCUT2D eigenvalue weighted by molar-refractivity contribution is 0.173. The average Bonchev–Trinajstić information content (AvgIpc) is 2.63. The molecule has 2 rings (SSSR count). The highest BCUT2D eigenvalue weighted by Crippen LogP contribution is 2.16. The first-order valence-electron chi connectivity index (χ1n) is 8.56. The second kappa shape index (κ2) is 10.4. The maximum Gasteiger partial charge on any atom is 0.317 e. The Kier molecular flexibility index (Phi) is 7.79. The van der Waals surface area contributed by atoms with E-state index in [4.69, 9.17) is 4.74 Å². The predicted molar refractivity (Wildman–Crippen MR) is 98.6 cm³/mol. The zero-order valence-electron chi connectivity index (χ0n) is 14.6. The number of rotatable bonds is 9. The molecule has 0 spiro atoms. The summed E-state index contributed by atoms with van der Waals surface area (Å²) < 4.78 is 5.72. The van der Waals surface area contributed by atoms with Gasteiger partial charge >= 0.3 is 6.03 Å². The van der Waals surface area contributed by atoms with Gasteiger partial charge in [0.15, 0.2) is 0 Å². The summed E-state index contributed by atoms with van der Waals surface area (Å²) in [6, 6.07) is 17.4. The smallest absolute Gasteiger partial charge is 0.317 e. The molecule has 2 aromatic rings. The molecule has 0 aliphatic rings. The van der Waals surface area contributed by atoms with Crippen molar-refractivity contribution in [3.8, 4) is 5.75 Å². The molecule has 5 nitrogen and oxygen atoms in total. The molecular formula is C20H26N2O3. The summed E-state index contributed by atoms with van der Waals surface area (Å²) >= 11 is 0. The van der Waals surface area contributed by atoms with Gasteiger partial charge in [0.1, 0.15) is 5.75 Å². The van der Waals surface area contributed by atoms with Crippen molar-refractivity contribution < 1.29 is 14.6 Å². The van der Waals surface area contributed by atoms with E-state index in [0.29, 0.717) is 26.2 Å². The van der Waals surface area contributed by atoms with E-state index in [-0.39, 0.29) is 12.6 Å². The van der Waals surface area contributed by atoms with Crippen LogP contribution >= 0.6 is 0 Å². The van der Waals surface area contributed by atoms with Crippen molar-refractivity contribution in [3.63, 3.8) is 0 Å². The molecule has 0 radical (unpaired) electrons. The predicted octanol–water partition coefficient (Wildman–Crippen LogP) is 2.97. The number of aliphatic hydroxyl groups is 1. The van der Waals surface area contributed by atoms with E-state index in [1.54, 1.807) is 4.90 Å². The van der Waals surface area contributed by atoms with Gasteiger partial charge in [-0.1, -0.05) is 48.5 Å². The zero-order valence-corrected chi connectivity index (χ0v) is 14.6. The Labute approximate surface area is 149 Å². The van der Waals surface area contributed by atoms with Crippen LogP contribution in [-0.4, -0.2) is 42.3 Å². The molecule has 0 aromatic heterocycles. The summed E-state index contributed by atoms with van der Waals surface area (Å²) in [7, 11) is 0. The summed E-state index contributed by atoms with van der Waals surface area (Å²) in [4.78, 5) is 13.9. The monoisotopic (exact) mass is 342 g/mol. The van der Waals surface area contributed by atoms with Crippen LogP contribution in [0.4, 0.5) is 4.79 Å². The van der Waals surface area contributed by atoms with Crippen molar-refractivity contribution in [2.75, 3.05) is 26.3 Å². The minimum atomic E-state index is -0.172. The Morgan fingerprint density at radius 2 is 1.84 bits per heavy atom. The number of aryl methyl sites for hydroxylation is 1. The number of urea groups is 1. The summed E-state index contributed by atoms with van der Waals surface area (Å²) in [5.74, 6) is 0.875. The number of carbonyl (C=O) groups is 1. The van der Waals surface area contributed by atoms with Crippen molar-refractivity contribution in [3.05, 3.63) is 65.7 Å². The number of carbonyl (C=O) groups excluding carboxylic acids is 1. The third-order valence-electron chi connectivity index (χ3n) is 3.82. The van der Waals surface area contributed by atoms with Crippen LogP contribution in [0.3, 0.4) is 0 Å². The number of ether oxygens (including phenoxy) is 1. The number of hydrogen-bond acceptors (Lipinski definition) is 3. The molecule has 0 fully saturated rings. The molecule has 25 heavy (non-hydrogen) atoms. The topological polar surface area (TPSA) is 61.8 Å². The van der Waals surface area contributed by atoms with Gasteiger partial charge in [-0.15, -0.1) is 0 Å². The summed E-state index contributed by atoms with van der Waals surface area (Å²) in [5.41, 5.74) is 2.14. The molecule has 2 amide bonds. The Morgan fingerprint density at radius 3 is 2.56 bits per heavy atom. The van der Waals surface area contributed by atoms with Gasteiger partial charge in [0.05, 0.1) is 13.2 Å². The number of aliphatic hydroxyl groups excluding tert-OH is 1. The number of nitrogens with zero attached hydrogens (tertiary/aromatic N) is 1.